The summed E-state index contributed by atoms with van der Waals surface area (Å²) in [5.74, 6) is 0. The monoisotopic (exact) mass is 280 g/mol. The third-order valence-corrected chi connectivity index (χ3v) is 2.18. The molecule has 0 saturated carbocycles. The Morgan fingerprint density at radius 1 is 0.786 bits per heavy atom. The molecule has 0 amide bonds. The fourth-order valence-electron chi connectivity index (χ4n) is 1.36. The maximum atomic E-state index is 9.98. The number of hydrogen-bond acceptors (Lipinski definition) is 1. The van der Waals surface area contributed by atoms with E-state index in [1.807, 2.05) is 0 Å². The maximum Gasteiger partial charge on any atom is 0.119 e. The summed E-state index contributed by atoms with van der Waals surface area (Å²) in [6, 6.07) is 0. The van der Waals surface area contributed by atoms with Crippen LogP contribution in [0.4, 0.5) is 0 Å². The number of carbonyl (C=O) groups is 1. The van der Waals surface area contributed by atoms with E-state index in [0.29, 0.717) is 0 Å². The molecule has 0 aromatic heterocycles. The molecule has 0 unspecified atom stereocenters. The Balaban J connectivity index is -0.000000605. The second-order valence-corrected chi connectivity index (χ2v) is 3.43. The Labute approximate surface area is 110 Å². The third kappa shape index (κ3) is 18.5. The van der Waals surface area contributed by atoms with E-state index in [4.69, 9.17) is 0 Å². The number of rotatable bonds is 9. The Hall–Kier alpha value is 0.709. The Kier molecular flexibility index (Phi) is 27.8. The van der Waals surface area contributed by atoms with Crippen molar-refractivity contribution in [2.45, 2.75) is 64.7 Å². The van der Waals surface area contributed by atoms with Crippen molar-refractivity contribution in [2.24, 2.45) is 0 Å². The van der Waals surface area contributed by atoms with Gasteiger partial charge >= 0.3 is 0 Å². The number of unbranched alkanes of at least 4 members (excludes halogenated alkanes) is 8. The molecular weight excluding hydrogens is 258 g/mol. The molecule has 0 aliphatic carbocycles. The van der Waals surface area contributed by atoms with Gasteiger partial charge in [-0.25, -0.2) is 0 Å². The van der Waals surface area contributed by atoms with Crippen molar-refractivity contribution in [1.29, 1.82) is 0 Å². The van der Waals surface area contributed by atoms with Crippen molar-refractivity contribution in [1.82, 2.24) is 0 Å². The summed E-state index contributed by atoms with van der Waals surface area (Å²) < 4.78 is 0. The summed E-state index contributed by atoms with van der Waals surface area (Å²) in [5.41, 5.74) is 0. The number of hydrogen-bond donors (Lipinski definition) is 0. The minimum atomic E-state index is 0. The minimum absolute atomic E-state index is 0. The van der Waals surface area contributed by atoms with Crippen LogP contribution in [0.15, 0.2) is 0 Å². The first-order valence-electron chi connectivity index (χ1n) is 5.35. The molecule has 2 radical (unpaired) electrons. The first-order valence-corrected chi connectivity index (χ1v) is 5.35. The molecule has 0 saturated heterocycles. The zero-order valence-corrected chi connectivity index (χ0v) is 11.5. The quantitative estimate of drug-likeness (QED) is 0.357. The van der Waals surface area contributed by atoms with Gasteiger partial charge in [0.25, 0.3) is 0 Å². The largest absolute Gasteiger partial charge is 0.303 e. The Morgan fingerprint density at radius 3 is 1.64 bits per heavy atom. The first kappa shape index (κ1) is 20.2. The second kappa shape index (κ2) is 19.3. The van der Waals surface area contributed by atoms with Crippen molar-refractivity contribution < 1.29 is 38.9 Å². The van der Waals surface area contributed by atoms with Crippen LogP contribution in [0.1, 0.15) is 64.7 Å². The van der Waals surface area contributed by atoms with Crippen LogP contribution in [0.25, 0.3) is 0 Å². The van der Waals surface area contributed by atoms with Gasteiger partial charge < -0.3 is 4.79 Å². The van der Waals surface area contributed by atoms with Crippen LogP contribution in [-0.4, -0.2) is 6.29 Å². The molecule has 0 N–H and O–H groups in total. The molecule has 0 atom stereocenters. The van der Waals surface area contributed by atoms with Crippen LogP contribution in [0, 0.1) is 0 Å². The van der Waals surface area contributed by atoms with E-state index in [0.717, 1.165) is 19.1 Å². The van der Waals surface area contributed by atoms with E-state index < -0.39 is 0 Å². The van der Waals surface area contributed by atoms with Crippen molar-refractivity contribution >= 4 is 6.29 Å². The molecular formula is C11H22Mn2O. The van der Waals surface area contributed by atoms with Gasteiger partial charge in [-0.05, 0) is 6.42 Å². The van der Waals surface area contributed by atoms with Gasteiger partial charge in [0.05, 0.1) is 0 Å². The fourth-order valence-corrected chi connectivity index (χ4v) is 1.36. The number of aldehydes is 1. The first-order chi connectivity index (χ1) is 5.91. The molecule has 0 heterocycles. The molecule has 0 aromatic carbocycles. The minimum Gasteiger partial charge on any atom is -0.303 e. The normalized spacial score (nSPS) is 8.64. The van der Waals surface area contributed by atoms with Gasteiger partial charge in [-0.1, -0.05) is 51.9 Å². The topological polar surface area (TPSA) is 17.1 Å². The molecule has 0 aliphatic rings. The average molecular weight is 280 g/mol. The molecule has 14 heavy (non-hydrogen) atoms. The van der Waals surface area contributed by atoms with Crippen LogP contribution in [0.2, 0.25) is 0 Å². The molecule has 1 nitrogen and oxygen atoms in total. The molecule has 0 aliphatic heterocycles. The summed E-state index contributed by atoms with van der Waals surface area (Å²) in [4.78, 5) is 9.98. The second-order valence-electron chi connectivity index (χ2n) is 3.43. The van der Waals surface area contributed by atoms with Crippen LogP contribution in [0.5, 0.6) is 0 Å². The Morgan fingerprint density at radius 2 is 1.21 bits per heavy atom. The van der Waals surface area contributed by atoms with Crippen LogP contribution in [0.3, 0.4) is 0 Å². The third-order valence-electron chi connectivity index (χ3n) is 2.18. The molecule has 0 aromatic rings. The van der Waals surface area contributed by atoms with Crippen LogP contribution in [-0.2, 0) is 38.9 Å². The van der Waals surface area contributed by atoms with Gasteiger partial charge in [0.2, 0.25) is 0 Å². The fraction of sp³-hybridized carbons (Fsp3) is 0.909. The maximum absolute atomic E-state index is 9.98. The van der Waals surface area contributed by atoms with Crippen molar-refractivity contribution in [2.75, 3.05) is 0 Å². The van der Waals surface area contributed by atoms with Gasteiger partial charge in [-0.3, -0.25) is 0 Å². The van der Waals surface area contributed by atoms with E-state index in [1.165, 1.54) is 44.9 Å². The predicted molar refractivity (Wildman–Crippen MR) is 53.3 cm³/mol. The van der Waals surface area contributed by atoms with E-state index in [9.17, 15) is 4.79 Å². The van der Waals surface area contributed by atoms with Crippen molar-refractivity contribution in [3.05, 3.63) is 0 Å². The van der Waals surface area contributed by atoms with Gasteiger partial charge in [-0.2, -0.15) is 0 Å². The molecule has 0 rings (SSSR count). The van der Waals surface area contributed by atoms with E-state index >= 15 is 0 Å². The van der Waals surface area contributed by atoms with Gasteiger partial charge in [0.15, 0.2) is 0 Å². The summed E-state index contributed by atoms with van der Waals surface area (Å²) in [5, 5.41) is 0. The number of carbonyl (C=O) groups excluding carboxylic acids is 1. The van der Waals surface area contributed by atoms with Gasteiger partial charge in [-0.15, -0.1) is 0 Å². The van der Waals surface area contributed by atoms with Crippen molar-refractivity contribution in [3.8, 4) is 0 Å². The zero-order valence-electron chi connectivity index (χ0n) is 9.11. The SMILES string of the molecule is CCCCCCCCCCC=O.[Mn].[Mn]. The molecule has 3 heteroatoms. The van der Waals surface area contributed by atoms with E-state index in [2.05, 4.69) is 6.92 Å². The standard InChI is InChI=1S/C11H22O.2Mn/c1-2-3-4-5-6-7-8-9-10-11-12;;/h11H,2-10H2,1H3;;. The van der Waals surface area contributed by atoms with E-state index in [-0.39, 0.29) is 34.1 Å². The molecule has 0 fully saturated rings. The van der Waals surface area contributed by atoms with Crippen LogP contribution < -0.4 is 0 Å². The average Bonchev–Trinajstić information content (AvgIpc) is 2.10. The molecule has 0 spiro atoms. The Bertz CT molecular complexity index is 97.3. The molecule has 0 bridgehead atoms. The zero-order chi connectivity index (χ0) is 9.07. The summed E-state index contributed by atoms with van der Waals surface area (Å²) in [6.45, 7) is 2.24. The van der Waals surface area contributed by atoms with Gasteiger partial charge in [0, 0.05) is 40.6 Å². The van der Waals surface area contributed by atoms with Crippen LogP contribution >= 0.6 is 0 Å². The van der Waals surface area contributed by atoms with Crippen molar-refractivity contribution in [3.63, 3.8) is 0 Å². The smallest absolute Gasteiger partial charge is 0.119 e. The summed E-state index contributed by atoms with van der Waals surface area (Å²) in [7, 11) is 0. The summed E-state index contributed by atoms with van der Waals surface area (Å²) >= 11 is 0. The van der Waals surface area contributed by atoms with Gasteiger partial charge in [0.1, 0.15) is 6.29 Å². The predicted octanol–water partition coefficient (Wildman–Crippen LogP) is 3.71. The van der Waals surface area contributed by atoms with E-state index in [1.54, 1.807) is 0 Å². The summed E-state index contributed by atoms with van der Waals surface area (Å²) in [6.07, 6.45) is 12.3. The molecule has 86 valence electrons.